The first kappa shape index (κ1) is 7.80. The maximum Gasteiger partial charge on any atom is 0.233 e. The number of fused-ring (bicyclic) bond motifs is 1. The number of benzene rings is 2. The van der Waals surface area contributed by atoms with Gasteiger partial charge < -0.3 is 5.11 Å². The van der Waals surface area contributed by atoms with Crippen LogP contribution < -0.4 is 0 Å². The van der Waals surface area contributed by atoms with Gasteiger partial charge in [-0.25, -0.2) is 0 Å². The van der Waals surface area contributed by atoms with Gasteiger partial charge in [-0.15, -0.1) is 0 Å². The van der Waals surface area contributed by atoms with Crippen LogP contribution in [0.1, 0.15) is 5.56 Å². The minimum atomic E-state index is 0.122. The van der Waals surface area contributed by atoms with Gasteiger partial charge in [0.15, 0.2) is 0 Å². The number of carbonyl (C=O) groups excluding carboxylic acids is 1. The van der Waals surface area contributed by atoms with E-state index in [0.717, 1.165) is 10.8 Å². The Hall–Kier alpha value is -1.83. The Morgan fingerprint density at radius 3 is 2.69 bits per heavy atom. The van der Waals surface area contributed by atoms with Crippen LogP contribution in [0.15, 0.2) is 36.4 Å². The highest BCUT2D eigenvalue weighted by Crippen LogP contribution is 2.25. The fourth-order valence-corrected chi connectivity index (χ4v) is 1.35. The Balaban J connectivity index is 2.84. The number of rotatable bonds is 1. The molecule has 2 nitrogen and oxygen atoms in total. The number of hydrogen-bond donors (Lipinski definition) is 1. The Bertz CT molecular complexity index is 461. The van der Waals surface area contributed by atoms with Crippen molar-refractivity contribution in [3.63, 3.8) is 0 Å². The van der Waals surface area contributed by atoms with Crippen molar-refractivity contribution in [1.82, 2.24) is 0 Å². The Morgan fingerprint density at radius 1 is 1.15 bits per heavy atom. The van der Waals surface area contributed by atoms with Crippen LogP contribution in [0.25, 0.3) is 10.8 Å². The molecule has 0 unspecified atom stereocenters. The second-order valence-corrected chi connectivity index (χ2v) is 2.82. The van der Waals surface area contributed by atoms with Crippen LogP contribution >= 0.6 is 0 Å². The van der Waals surface area contributed by atoms with E-state index in [1.165, 1.54) is 6.07 Å². The lowest BCUT2D eigenvalue weighted by atomic mass is 10.1. The minimum absolute atomic E-state index is 0.122. The largest absolute Gasteiger partial charge is 0.507 e. The Labute approximate surface area is 75.4 Å². The lowest BCUT2D eigenvalue weighted by Gasteiger charge is -2.00. The molecule has 0 heterocycles. The van der Waals surface area contributed by atoms with Crippen LogP contribution in [0.3, 0.4) is 0 Å². The number of phenols is 1. The second kappa shape index (κ2) is 2.90. The van der Waals surface area contributed by atoms with Crippen LogP contribution in [0, 0.1) is 0 Å². The monoisotopic (exact) mass is 171 g/mol. The molecule has 0 aliphatic carbocycles. The van der Waals surface area contributed by atoms with Gasteiger partial charge in [0.2, 0.25) is 6.29 Å². The highest BCUT2D eigenvalue weighted by atomic mass is 16.3. The first-order valence-electron chi connectivity index (χ1n) is 3.91. The minimum Gasteiger partial charge on any atom is -0.507 e. The molecule has 0 aliphatic heterocycles. The average molecular weight is 171 g/mol. The van der Waals surface area contributed by atoms with Crippen molar-refractivity contribution >= 4 is 17.1 Å². The van der Waals surface area contributed by atoms with E-state index in [0.29, 0.717) is 5.56 Å². The van der Waals surface area contributed by atoms with Gasteiger partial charge in [0, 0.05) is 10.9 Å². The van der Waals surface area contributed by atoms with Crippen LogP contribution in [-0.2, 0) is 4.79 Å². The van der Waals surface area contributed by atoms with Crippen LogP contribution in [0.5, 0.6) is 5.75 Å². The van der Waals surface area contributed by atoms with Crippen molar-refractivity contribution in [2.75, 3.05) is 0 Å². The number of hydrogen-bond acceptors (Lipinski definition) is 2. The third-order valence-corrected chi connectivity index (χ3v) is 1.96. The molecule has 0 saturated carbocycles. The summed E-state index contributed by atoms with van der Waals surface area (Å²) in [5, 5.41) is 11.1. The number of aromatic hydroxyl groups is 1. The zero-order valence-corrected chi connectivity index (χ0v) is 6.82. The van der Waals surface area contributed by atoms with Crippen LogP contribution in [0.4, 0.5) is 0 Å². The fraction of sp³-hybridized carbons (Fsp3) is 0. The summed E-state index contributed by atoms with van der Waals surface area (Å²) >= 11 is 0. The van der Waals surface area contributed by atoms with E-state index in [1.54, 1.807) is 18.4 Å². The van der Waals surface area contributed by atoms with E-state index < -0.39 is 0 Å². The molecule has 0 aliphatic rings. The molecule has 2 aromatic carbocycles. The fourth-order valence-electron chi connectivity index (χ4n) is 1.35. The van der Waals surface area contributed by atoms with Gasteiger partial charge in [0.25, 0.3) is 0 Å². The molecule has 1 N–H and O–H groups in total. The second-order valence-electron chi connectivity index (χ2n) is 2.82. The van der Waals surface area contributed by atoms with Gasteiger partial charge in [-0.3, -0.25) is 4.79 Å². The lowest BCUT2D eigenvalue weighted by molar-refractivity contribution is 0.481. The SMILES string of the molecule is O=[C]c1cc(O)c2ccccc2c1. The average Bonchev–Trinajstić information content (AvgIpc) is 2.18. The van der Waals surface area contributed by atoms with Gasteiger partial charge in [0.1, 0.15) is 5.75 Å². The van der Waals surface area contributed by atoms with Crippen LogP contribution in [0.2, 0.25) is 0 Å². The first-order valence-corrected chi connectivity index (χ1v) is 3.91. The molecule has 2 heteroatoms. The van der Waals surface area contributed by atoms with E-state index in [4.69, 9.17) is 0 Å². The smallest absolute Gasteiger partial charge is 0.233 e. The molecule has 0 atom stereocenters. The molecular formula is C11H7O2. The summed E-state index contributed by atoms with van der Waals surface area (Å²) in [7, 11) is 0. The molecule has 0 aromatic heterocycles. The van der Waals surface area contributed by atoms with Gasteiger partial charge in [-0.2, -0.15) is 0 Å². The molecule has 0 fully saturated rings. The van der Waals surface area contributed by atoms with E-state index in [-0.39, 0.29) is 5.75 Å². The molecule has 13 heavy (non-hydrogen) atoms. The Morgan fingerprint density at radius 2 is 1.92 bits per heavy atom. The van der Waals surface area contributed by atoms with Crippen LogP contribution in [-0.4, -0.2) is 11.4 Å². The normalized spacial score (nSPS) is 10.2. The standard InChI is InChI=1S/C11H7O2/c12-7-8-5-9-3-1-2-4-10(9)11(13)6-8/h1-6,13H. The molecular weight excluding hydrogens is 164 g/mol. The number of phenolic OH excluding ortho intramolecular Hbond substituents is 1. The maximum absolute atomic E-state index is 10.4. The van der Waals surface area contributed by atoms with Crippen molar-refractivity contribution in [3.8, 4) is 5.75 Å². The van der Waals surface area contributed by atoms with E-state index in [9.17, 15) is 9.90 Å². The van der Waals surface area contributed by atoms with Gasteiger partial charge in [-0.1, -0.05) is 24.3 Å². The molecule has 0 spiro atoms. The van der Waals surface area contributed by atoms with Crippen molar-refractivity contribution in [2.45, 2.75) is 0 Å². The summed E-state index contributed by atoms with van der Waals surface area (Å²) in [5.74, 6) is 0.122. The molecule has 0 bridgehead atoms. The first-order chi connectivity index (χ1) is 6.31. The summed E-state index contributed by atoms with van der Waals surface area (Å²) < 4.78 is 0. The molecule has 2 aromatic rings. The molecule has 63 valence electrons. The van der Waals surface area contributed by atoms with E-state index >= 15 is 0 Å². The predicted molar refractivity (Wildman–Crippen MR) is 50.4 cm³/mol. The summed E-state index contributed by atoms with van der Waals surface area (Å²) in [6, 6.07) is 10.5. The zero-order chi connectivity index (χ0) is 9.26. The highest BCUT2D eigenvalue weighted by Gasteiger charge is 2.01. The zero-order valence-electron chi connectivity index (χ0n) is 6.82. The summed E-state index contributed by atoms with van der Waals surface area (Å²) in [5.41, 5.74) is 0.371. The van der Waals surface area contributed by atoms with Crippen molar-refractivity contribution in [3.05, 3.63) is 42.0 Å². The summed E-state index contributed by atoms with van der Waals surface area (Å²) in [6.45, 7) is 0. The molecule has 2 rings (SSSR count). The van der Waals surface area contributed by atoms with Crippen molar-refractivity contribution in [1.29, 1.82) is 0 Å². The third-order valence-electron chi connectivity index (χ3n) is 1.96. The molecule has 0 amide bonds. The van der Waals surface area contributed by atoms with Crippen molar-refractivity contribution in [2.24, 2.45) is 0 Å². The van der Waals surface area contributed by atoms with Crippen molar-refractivity contribution < 1.29 is 9.90 Å². The molecule has 0 saturated heterocycles. The third kappa shape index (κ3) is 1.26. The van der Waals surface area contributed by atoms with Gasteiger partial charge in [0.05, 0.1) is 0 Å². The molecule has 1 radical (unpaired) electrons. The quantitative estimate of drug-likeness (QED) is 0.712. The summed E-state index contributed by atoms with van der Waals surface area (Å²) in [6.07, 6.45) is 1.75. The maximum atomic E-state index is 10.4. The predicted octanol–water partition coefficient (Wildman–Crippen LogP) is 2.00. The van der Waals surface area contributed by atoms with Gasteiger partial charge in [-0.05, 0) is 17.5 Å². The summed E-state index contributed by atoms with van der Waals surface area (Å²) in [4.78, 5) is 10.4. The van der Waals surface area contributed by atoms with Gasteiger partial charge >= 0.3 is 0 Å². The van der Waals surface area contributed by atoms with E-state index in [2.05, 4.69) is 0 Å². The topological polar surface area (TPSA) is 37.3 Å². The van der Waals surface area contributed by atoms with E-state index in [1.807, 2.05) is 18.2 Å². The lowest BCUT2D eigenvalue weighted by Crippen LogP contribution is -1.81. The highest BCUT2D eigenvalue weighted by molar-refractivity contribution is 5.93. The Kier molecular flexibility index (Phi) is 1.74.